The fourth-order valence-corrected chi connectivity index (χ4v) is 8.34. The summed E-state index contributed by atoms with van der Waals surface area (Å²) in [5.74, 6) is 1.96. The average molecular weight is 712 g/mol. The minimum absolute atomic E-state index is 0.648. The molecule has 3 nitrogen and oxygen atoms in total. The first kappa shape index (κ1) is 32.0. The molecule has 0 saturated carbocycles. The Kier molecular flexibility index (Phi) is 7.49. The third-order valence-corrected chi connectivity index (χ3v) is 11.1. The summed E-state index contributed by atoms with van der Waals surface area (Å²) in [4.78, 5) is 14.7. The second-order valence-corrected chi connectivity index (χ2v) is 14.4. The first-order valence-electron chi connectivity index (χ1n) is 19.0. The maximum Gasteiger partial charge on any atom is 0.164 e. The van der Waals surface area contributed by atoms with Gasteiger partial charge in [-0.15, -0.1) is 0 Å². The van der Waals surface area contributed by atoms with Gasteiger partial charge in [0.05, 0.1) is 0 Å². The van der Waals surface area contributed by atoms with Crippen molar-refractivity contribution in [3.8, 4) is 89.8 Å². The highest BCUT2D eigenvalue weighted by molar-refractivity contribution is 6.18. The molecule has 0 fully saturated rings. The average Bonchev–Trinajstić information content (AvgIpc) is 3.61. The molecule has 0 radical (unpaired) electrons. The molecule has 0 saturated heterocycles. The summed E-state index contributed by atoms with van der Waals surface area (Å²) in [6.07, 6.45) is 0. The van der Waals surface area contributed by atoms with E-state index in [4.69, 9.17) is 15.0 Å². The lowest BCUT2D eigenvalue weighted by Gasteiger charge is -2.12. The van der Waals surface area contributed by atoms with Crippen LogP contribution < -0.4 is 0 Å². The van der Waals surface area contributed by atoms with Crippen LogP contribution in [0.25, 0.3) is 111 Å². The standard InChI is InChI=1S/C53H33N3/c1-3-11-38(12-4-1)51-54-52(39-13-5-2-6-14-39)56-53(55-51)40-28-25-36(26-29-40)42-18-9-15-35-27-30-41(33-49(35)42)34-21-23-37(24-22-34)43-31-32-48-45-17-8-7-16-44(45)47-20-10-19-46(43)50(47)48/h1-33H. The van der Waals surface area contributed by atoms with Crippen molar-refractivity contribution in [2.75, 3.05) is 0 Å². The van der Waals surface area contributed by atoms with Gasteiger partial charge in [-0.3, -0.25) is 0 Å². The molecule has 1 aromatic heterocycles. The predicted molar refractivity (Wildman–Crippen MR) is 232 cm³/mol. The number of fused-ring (bicyclic) bond motifs is 4. The maximum atomic E-state index is 4.93. The van der Waals surface area contributed by atoms with Gasteiger partial charge in [0.15, 0.2) is 17.5 Å². The van der Waals surface area contributed by atoms with Crippen LogP contribution in [0.15, 0.2) is 200 Å². The Morgan fingerprint density at radius 2 is 0.661 bits per heavy atom. The van der Waals surface area contributed by atoms with Gasteiger partial charge in [0.25, 0.3) is 0 Å². The SMILES string of the molecule is c1ccc(-c2nc(-c3ccccc3)nc(-c3ccc(-c4cccc5ccc(-c6ccc(-c7ccc8c9c(cccc79)-c7ccccc7-8)cc6)cc45)cc3)n2)cc1. The molecular formula is C53H33N3. The van der Waals surface area contributed by atoms with E-state index >= 15 is 0 Å². The van der Waals surface area contributed by atoms with E-state index in [9.17, 15) is 0 Å². The normalized spacial score (nSPS) is 11.6. The summed E-state index contributed by atoms with van der Waals surface area (Å²) in [6.45, 7) is 0. The minimum Gasteiger partial charge on any atom is -0.208 e. The van der Waals surface area contributed by atoms with Gasteiger partial charge in [-0.2, -0.15) is 0 Å². The topological polar surface area (TPSA) is 38.7 Å². The van der Waals surface area contributed by atoms with Crippen LogP contribution in [0, 0.1) is 0 Å². The van der Waals surface area contributed by atoms with E-state index < -0.39 is 0 Å². The Bertz CT molecular complexity index is 3010. The largest absolute Gasteiger partial charge is 0.208 e. The summed E-state index contributed by atoms with van der Waals surface area (Å²) in [7, 11) is 0. The maximum absolute atomic E-state index is 4.93. The molecule has 11 rings (SSSR count). The Hall–Kier alpha value is -7.49. The van der Waals surface area contributed by atoms with Gasteiger partial charge in [0.2, 0.25) is 0 Å². The van der Waals surface area contributed by atoms with E-state index in [0.717, 1.165) is 22.3 Å². The fraction of sp³-hybridized carbons (Fsp3) is 0. The van der Waals surface area contributed by atoms with Crippen molar-refractivity contribution in [3.63, 3.8) is 0 Å². The highest BCUT2D eigenvalue weighted by atomic mass is 15.0. The smallest absolute Gasteiger partial charge is 0.164 e. The fourth-order valence-electron chi connectivity index (χ4n) is 8.34. The van der Waals surface area contributed by atoms with Crippen LogP contribution in [0.2, 0.25) is 0 Å². The van der Waals surface area contributed by atoms with Crippen LogP contribution >= 0.6 is 0 Å². The summed E-state index contributed by atoms with van der Waals surface area (Å²) < 4.78 is 0. The van der Waals surface area contributed by atoms with Crippen molar-refractivity contribution >= 4 is 21.5 Å². The van der Waals surface area contributed by atoms with Gasteiger partial charge in [-0.1, -0.05) is 194 Å². The molecule has 1 heterocycles. The quantitative estimate of drug-likeness (QED) is 0.172. The lowest BCUT2D eigenvalue weighted by atomic mass is 9.92. The van der Waals surface area contributed by atoms with Crippen molar-refractivity contribution in [2.45, 2.75) is 0 Å². The molecule has 1 aliphatic carbocycles. The van der Waals surface area contributed by atoms with Gasteiger partial charge < -0.3 is 0 Å². The monoisotopic (exact) mass is 711 g/mol. The Morgan fingerprint density at radius 3 is 1.29 bits per heavy atom. The number of nitrogens with zero attached hydrogens (tertiary/aromatic N) is 3. The molecule has 10 aromatic rings. The first-order valence-corrected chi connectivity index (χ1v) is 19.0. The third-order valence-electron chi connectivity index (χ3n) is 11.1. The lowest BCUT2D eigenvalue weighted by molar-refractivity contribution is 1.07. The van der Waals surface area contributed by atoms with E-state index in [1.54, 1.807) is 0 Å². The van der Waals surface area contributed by atoms with Crippen LogP contribution in [0.5, 0.6) is 0 Å². The van der Waals surface area contributed by atoms with Crippen molar-refractivity contribution < 1.29 is 0 Å². The Morgan fingerprint density at radius 1 is 0.232 bits per heavy atom. The molecule has 0 bridgehead atoms. The van der Waals surface area contributed by atoms with E-state index in [0.29, 0.717) is 17.5 Å². The summed E-state index contributed by atoms with van der Waals surface area (Å²) >= 11 is 0. The molecule has 0 aliphatic heterocycles. The van der Waals surface area contributed by atoms with Crippen molar-refractivity contribution in [2.24, 2.45) is 0 Å². The first-order chi connectivity index (χ1) is 27.7. The van der Waals surface area contributed by atoms with Crippen LogP contribution in [-0.2, 0) is 0 Å². The molecular weight excluding hydrogens is 679 g/mol. The molecule has 260 valence electrons. The van der Waals surface area contributed by atoms with Gasteiger partial charge in [-0.05, 0) is 83.2 Å². The van der Waals surface area contributed by atoms with Crippen LogP contribution in [0.3, 0.4) is 0 Å². The molecule has 0 spiro atoms. The summed E-state index contributed by atoms with van der Waals surface area (Å²) in [5.41, 5.74) is 15.4. The molecule has 9 aromatic carbocycles. The molecule has 0 amide bonds. The number of aromatic nitrogens is 3. The zero-order valence-electron chi connectivity index (χ0n) is 30.4. The number of benzene rings is 9. The number of hydrogen-bond acceptors (Lipinski definition) is 3. The van der Waals surface area contributed by atoms with E-state index in [-0.39, 0.29) is 0 Å². The van der Waals surface area contributed by atoms with Crippen molar-refractivity contribution in [1.29, 1.82) is 0 Å². The number of hydrogen-bond donors (Lipinski definition) is 0. The van der Waals surface area contributed by atoms with E-state index in [1.807, 2.05) is 60.7 Å². The van der Waals surface area contributed by atoms with Crippen LogP contribution in [0.4, 0.5) is 0 Å². The van der Waals surface area contributed by atoms with Crippen LogP contribution in [0.1, 0.15) is 0 Å². The molecule has 0 unspecified atom stereocenters. The third kappa shape index (κ3) is 5.40. The molecule has 1 aliphatic rings. The highest BCUT2D eigenvalue weighted by Crippen LogP contribution is 2.49. The Labute approximate surface area is 325 Å². The second kappa shape index (κ2) is 13.1. The van der Waals surface area contributed by atoms with E-state index in [2.05, 4.69) is 140 Å². The zero-order chi connectivity index (χ0) is 37.0. The molecule has 0 N–H and O–H groups in total. The zero-order valence-corrected chi connectivity index (χ0v) is 30.4. The lowest BCUT2D eigenvalue weighted by Crippen LogP contribution is -2.00. The van der Waals surface area contributed by atoms with Gasteiger partial charge >= 0.3 is 0 Å². The molecule has 56 heavy (non-hydrogen) atoms. The predicted octanol–water partition coefficient (Wildman–Crippen LogP) is 13.8. The van der Waals surface area contributed by atoms with Crippen LogP contribution in [-0.4, -0.2) is 15.0 Å². The second-order valence-electron chi connectivity index (χ2n) is 14.4. The van der Waals surface area contributed by atoms with Gasteiger partial charge in [0, 0.05) is 16.7 Å². The molecule has 0 atom stereocenters. The summed E-state index contributed by atoms with van der Waals surface area (Å²) in [5, 5.41) is 5.08. The Balaban J connectivity index is 0.928. The van der Waals surface area contributed by atoms with E-state index in [1.165, 1.54) is 71.6 Å². The van der Waals surface area contributed by atoms with Crippen molar-refractivity contribution in [1.82, 2.24) is 15.0 Å². The molecule has 3 heteroatoms. The highest BCUT2D eigenvalue weighted by Gasteiger charge is 2.22. The van der Waals surface area contributed by atoms with Gasteiger partial charge in [-0.25, -0.2) is 15.0 Å². The summed E-state index contributed by atoms with van der Waals surface area (Å²) in [6, 6.07) is 71.2. The minimum atomic E-state index is 0.648. The van der Waals surface area contributed by atoms with Gasteiger partial charge in [0.1, 0.15) is 0 Å². The van der Waals surface area contributed by atoms with Crippen molar-refractivity contribution in [3.05, 3.63) is 200 Å². The number of rotatable bonds is 6.